The van der Waals surface area contributed by atoms with Gasteiger partial charge in [0.2, 0.25) is 12.7 Å². The molecule has 1 aliphatic heterocycles. The average Bonchev–Trinajstić information content (AvgIpc) is 3.17. The van der Waals surface area contributed by atoms with Gasteiger partial charge in [-0.3, -0.25) is 4.79 Å². The van der Waals surface area contributed by atoms with Crippen LogP contribution in [-0.2, 0) is 10.2 Å². The molecule has 0 atom stereocenters. The van der Waals surface area contributed by atoms with Crippen molar-refractivity contribution in [2.75, 3.05) is 12.1 Å². The molecule has 0 bridgehead atoms. The summed E-state index contributed by atoms with van der Waals surface area (Å²) in [5.74, 6) is 1.51. The number of aromatic amines is 1. The van der Waals surface area contributed by atoms with Crippen molar-refractivity contribution in [2.24, 2.45) is 0 Å². The molecule has 0 unspecified atom stereocenters. The van der Waals surface area contributed by atoms with E-state index in [2.05, 4.69) is 17.2 Å². The van der Waals surface area contributed by atoms with Crippen LogP contribution in [0.4, 0.5) is 5.69 Å². The van der Waals surface area contributed by atoms with Crippen LogP contribution < -0.4 is 14.8 Å². The molecule has 5 heteroatoms. The number of fused-ring (bicyclic) bond motifs is 2. The van der Waals surface area contributed by atoms with E-state index in [1.807, 2.05) is 42.6 Å². The molecule has 25 heavy (non-hydrogen) atoms. The first-order valence-electron chi connectivity index (χ1n) is 8.45. The van der Waals surface area contributed by atoms with Crippen molar-refractivity contribution in [3.05, 3.63) is 53.7 Å². The minimum absolute atomic E-state index is 0.0407. The maximum atomic E-state index is 13.0. The van der Waals surface area contributed by atoms with Gasteiger partial charge in [-0.1, -0.05) is 6.07 Å². The summed E-state index contributed by atoms with van der Waals surface area (Å²) in [5.41, 5.74) is 3.61. The van der Waals surface area contributed by atoms with Crippen molar-refractivity contribution in [2.45, 2.75) is 25.2 Å². The van der Waals surface area contributed by atoms with Crippen LogP contribution in [0.5, 0.6) is 11.5 Å². The molecule has 5 nitrogen and oxygen atoms in total. The number of H-pyrrole nitrogens is 1. The molecule has 1 aliphatic carbocycles. The number of hydrogen-bond acceptors (Lipinski definition) is 3. The van der Waals surface area contributed by atoms with Gasteiger partial charge in [-0.25, -0.2) is 0 Å². The van der Waals surface area contributed by atoms with Crippen molar-refractivity contribution in [1.29, 1.82) is 0 Å². The SMILES string of the molecule is Cc1c[nH]c2ccc(NC(=O)C3(c4ccc5c(c4)OCO5)CC3)cc12. The van der Waals surface area contributed by atoms with Gasteiger partial charge in [-0.05, 0) is 61.2 Å². The lowest BCUT2D eigenvalue weighted by molar-refractivity contribution is -0.118. The van der Waals surface area contributed by atoms with Gasteiger partial charge >= 0.3 is 0 Å². The molecule has 1 fully saturated rings. The second kappa shape index (κ2) is 5.02. The van der Waals surface area contributed by atoms with E-state index in [1.54, 1.807) is 0 Å². The van der Waals surface area contributed by atoms with Gasteiger partial charge in [0.05, 0.1) is 5.41 Å². The molecule has 0 saturated heterocycles. The third kappa shape index (κ3) is 2.19. The van der Waals surface area contributed by atoms with Crippen LogP contribution in [0.25, 0.3) is 10.9 Å². The van der Waals surface area contributed by atoms with E-state index in [0.29, 0.717) is 0 Å². The third-order valence-electron chi connectivity index (χ3n) is 5.26. The molecule has 2 aliphatic rings. The zero-order chi connectivity index (χ0) is 17.0. The lowest BCUT2D eigenvalue weighted by Gasteiger charge is -2.16. The molecule has 2 N–H and O–H groups in total. The Kier molecular flexibility index (Phi) is 2.89. The van der Waals surface area contributed by atoms with Crippen LogP contribution >= 0.6 is 0 Å². The minimum Gasteiger partial charge on any atom is -0.454 e. The number of anilines is 1. The summed E-state index contributed by atoms with van der Waals surface area (Å²) in [6.07, 6.45) is 3.68. The number of nitrogens with one attached hydrogen (secondary N) is 2. The Morgan fingerprint density at radius 1 is 1.12 bits per heavy atom. The first-order chi connectivity index (χ1) is 12.2. The predicted molar refractivity (Wildman–Crippen MR) is 95.1 cm³/mol. The molecular formula is C20H18N2O3. The minimum atomic E-state index is -0.455. The van der Waals surface area contributed by atoms with Gasteiger partial charge in [0.25, 0.3) is 0 Å². The van der Waals surface area contributed by atoms with Crippen LogP contribution in [0, 0.1) is 6.92 Å². The number of aromatic nitrogens is 1. The van der Waals surface area contributed by atoms with Crippen LogP contribution in [0.3, 0.4) is 0 Å². The third-order valence-corrected chi connectivity index (χ3v) is 5.26. The Hall–Kier alpha value is -2.95. The van der Waals surface area contributed by atoms with Crippen LogP contribution in [0.2, 0.25) is 0 Å². The first-order valence-corrected chi connectivity index (χ1v) is 8.45. The van der Waals surface area contributed by atoms with Crippen LogP contribution in [0.15, 0.2) is 42.6 Å². The number of ether oxygens (including phenoxy) is 2. The van der Waals surface area contributed by atoms with Gasteiger partial charge in [0.1, 0.15) is 0 Å². The van der Waals surface area contributed by atoms with Crippen molar-refractivity contribution >= 4 is 22.5 Å². The van der Waals surface area contributed by atoms with Gasteiger partial charge in [0, 0.05) is 22.8 Å². The van der Waals surface area contributed by atoms with Crippen molar-refractivity contribution in [1.82, 2.24) is 4.98 Å². The Morgan fingerprint density at radius 2 is 1.96 bits per heavy atom. The van der Waals surface area contributed by atoms with Crippen molar-refractivity contribution in [3.8, 4) is 11.5 Å². The molecule has 126 valence electrons. The van der Waals surface area contributed by atoms with Gasteiger partial charge in [0.15, 0.2) is 11.5 Å². The molecule has 3 aromatic rings. The predicted octanol–water partition coefficient (Wildman–Crippen LogP) is 3.88. The second-order valence-corrected chi connectivity index (χ2v) is 6.84. The number of amides is 1. The molecule has 2 heterocycles. The van der Waals surface area contributed by atoms with E-state index in [9.17, 15) is 4.79 Å². The summed E-state index contributed by atoms with van der Waals surface area (Å²) >= 11 is 0. The molecule has 2 aromatic carbocycles. The molecule has 1 amide bonds. The van der Waals surface area contributed by atoms with Crippen molar-refractivity contribution in [3.63, 3.8) is 0 Å². The number of hydrogen-bond donors (Lipinski definition) is 2. The lowest BCUT2D eigenvalue weighted by Crippen LogP contribution is -2.27. The Balaban J connectivity index is 1.44. The smallest absolute Gasteiger partial charge is 0.235 e. The van der Waals surface area contributed by atoms with E-state index in [1.165, 1.54) is 5.56 Å². The highest BCUT2D eigenvalue weighted by Crippen LogP contribution is 2.51. The quantitative estimate of drug-likeness (QED) is 0.764. The number of carbonyl (C=O) groups is 1. The molecule has 1 aromatic heterocycles. The van der Waals surface area contributed by atoms with Crippen molar-refractivity contribution < 1.29 is 14.3 Å². The summed E-state index contributed by atoms with van der Waals surface area (Å²) < 4.78 is 10.8. The maximum absolute atomic E-state index is 13.0. The fourth-order valence-corrected chi connectivity index (χ4v) is 3.55. The summed E-state index contributed by atoms with van der Waals surface area (Å²) in [6, 6.07) is 11.8. The second-order valence-electron chi connectivity index (χ2n) is 6.84. The van der Waals surface area contributed by atoms with Gasteiger partial charge < -0.3 is 19.8 Å². The molecule has 0 radical (unpaired) electrons. The topological polar surface area (TPSA) is 63.4 Å². The maximum Gasteiger partial charge on any atom is 0.235 e. The van der Waals surface area contributed by atoms with Gasteiger partial charge in [-0.15, -0.1) is 0 Å². The van der Waals surface area contributed by atoms with Gasteiger partial charge in [-0.2, -0.15) is 0 Å². The molecule has 1 saturated carbocycles. The Bertz CT molecular complexity index is 1000. The van der Waals surface area contributed by atoms with E-state index in [-0.39, 0.29) is 12.7 Å². The number of benzene rings is 2. The number of rotatable bonds is 3. The molecule has 5 rings (SSSR count). The average molecular weight is 334 g/mol. The zero-order valence-corrected chi connectivity index (χ0v) is 13.9. The fourth-order valence-electron chi connectivity index (χ4n) is 3.55. The summed E-state index contributed by atoms with van der Waals surface area (Å²) in [5, 5.41) is 4.23. The molecular weight excluding hydrogens is 316 g/mol. The largest absolute Gasteiger partial charge is 0.454 e. The summed E-state index contributed by atoms with van der Waals surface area (Å²) in [6.45, 7) is 2.30. The monoisotopic (exact) mass is 334 g/mol. The Morgan fingerprint density at radius 3 is 2.80 bits per heavy atom. The number of aryl methyl sites for hydroxylation is 1. The normalized spacial score (nSPS) is 16.8. The molecule has 0 spiro atoms. The highest BCUT2D eigenvalue weighted by molar-refractivity contribution is 6.02. The lowest BCUT2D eigenvalue weighted by atomic mass is 9.94. The van der Waals surface area contributed by atoms with E-state index in [4.69, 9.17) is 9.47 Å². The van der Waals surface area contributed by atoms with Crippen LogP contribution in [0.1, 0.15) is 24.0 Å². The van der Waals surface area contributed by atoms with Crippen LogP contribution in [-0.4, -0.2) is 17.7 Å². The van der Waals surface area contributed by atoms with E-state index < -0.39 is 5.41 Å². The van der Waals surface area contributed by atoms with E-state index >= 15 is 0 Å². The number of carbonyl (C=O) groups excluding carboxylic acids is 1. The Labute approximate surface area is 144 Å². The summed E-state index contributed by atoms with van der Waals surface area (Å²) in [7, 11) is 0. The first kappa shape index (κ1) is 14.4. The highest BCUT2D eigenvalue weighted by Gasteiger charge is 2.51. The standard InChI is InChI=1S/C20H18N2O3/c1-12-10-21-16-4-3-14(9-15(12)16)22-19(23)20(6-7-20)13-2-5-17-18(8-13)25-11-24-17/h2-5,8-10,21H,6-7,11H2,1H3,(H,22,23). The van der Waals surface area contributed by atoms with E-state index in [0.717, 1.165) is 46.5 Å². The highest BCUT2D eigenvalue weighted by atomic mass is 16.7. The zero-order valence-electron chi connectivity index (χ0n) is 13.9. The fraction of sp³-hybridized carbons (Fsp3) is 0.250. The summed E-state index contributed by atoms with van der Waals surface area (Å²) in [4.78, 5) is 16.2.